The van der Waals surface area contributed by atoms with Crippen molar-refractivity contribution in [3.05, 3.63) is 58.1 Å². The first-order chi connectivity index (χ1) is 15.3. The number of piperazine rings is 1. The Bertz CT molecular complexity index is 988. The van der Waals surface area contributed by atoms with Gasteiger partial charge < -0.3 is 14.7 Å². The van der Waals surface area contributed by atoms with E-state index in [0.29, 0.717) is 55.2 Å². The maximum absolute atomic E-state index is 12.9. The zero-order valence-electron chi connectivity index (χ0n) is 18.4. The van der Waals surface area contributed by atoms with Gasteiger partial charge in [0, 0.05) is 45.0 Å². The van der Waals surface area contributed by atoms with Gasteiger partial charge >= 0.3 is 6.03 Å². The maximum atomic E-state index is 12.9. The zero-order valence-corrected chi connectivity index (χ0v) is 19.9. The van der Waals surface area contributed by atoms with Crippen LogP contribution < -0.4 is 9.80 Å². The number of rotatable bonds is 5. The molecule has 2 saturated heterocycles. The Morgan fingerprint density at radius 2 is 1.62 bits per heavy atom. The monoisotopic (exact) mass is 474 g/mol. The van der Waals surface area contributed by atoms with Crippen molar-refractivity contribution in [3.8, 4) is 0 Å². The van der Waals surface area contributed by atoms with Crippen LogP contribution in [-0.4, -0.2) is 67.6 Å². The van der Waals surface area contributed by atoms with Crippen molar-refractivity contribution in [2.24, 2.45) is 0 Å². The second-order valence-corrected chi connectivity index (χ2v) is 9.33. The first kappa shape index (κ1) is 22.7. The summed E-state index contributed by atoms with van der Waals surface area (Å²) in [5, 5.41) is 1.07. The van der Waals surface area contributed by atoms with Crippen LogP contribution >= 0.6 is 23.2 Å². The van der Waals surface area contributed by atoms with Crippen molar-refractivity contribution in [1.82, 2.24) is 9.80 Å². The third-order valence-corrected chi connectivity index (χ3v) is 7.01. The van der Waals surface area contributed by atoms with Crippen LogP contribution in [0.5, 0.6) is 0 Å². The highest BCUT2D eigenvalue weighted by Gasteiger charge is 2.32. The summed E-state index contributed by atoms with van der Waals surface area (Å²) in [6.07, 6.45) is 0. The van der Waals surface area contributed by atoms with Gasteiger partial charge in [-0.05, 0) is 35.7 Å². The van der Waals surface area contributed by atoms with E-state index >= 15 is 0 Å². The second-order valence-electron chi connectivity index (χ2n) is 8.54. The lowest BCUT2D eigenvalue weighted by atomic mass is 10.0. The summed E-state index contributed by atoms with van der Waals surface area (Å²) in [5.41, 5.74) is 3.01. The standard InChI is InChI=1S/C24H28Cl2N4O2/c1-17(2)18-6-8-19(9-7-18)30-15-14-29(24(30)32)16-22(31)28-12-10-27(11-13-28)21-5-3-4-20(25)23(21)26/h3-9,17H,10-16H2,1-2H3. The molecule has 2 aromatic rings. The van der Waals surface area contributed by atoms with Crippen molar-refractivity contribution in [3.63, 3.8) is 0 Å². The molecule has 2 aliphatic heterocycles. The molecule has 0 atom stereocenters. The summed E-state index contributed by atoms with van der Waals surface area (Å²) >= 11 is 12.5. The average Bonchev–Trinajstić information content (AvgIpc) is 3.15. The quantitative estimate of drug-likeness (QED) is 0.630. The highest BCUT2D eigenvalue weighted by Crippen LogP contribution is 2.33. The van der Waals surface area contributed by atoms with E-state index in [1.54, 1.807) is 15.9 Å². The summed E-state index contributed by atoms with van der Waals surface area (Å²) in [6.45, 7) is 8.07. The van der Waals surface area contributed by atoms with Gasteiger partial charge in [0.1, 0.15) is 6.54 Å². The Morgan fingerprint density at radius 3 is 2.28 bits per heavy atom. The maximum Gasteiger partial charge on any atom is 0.325 e. The third-order valence-electron chi connectivity index (χ3n) is 6.20. The number of urea groups is 1. The molecule has 0 aromatic heterocycles. The molecule has 0 aliphatic carbocycles. The summed E-state index contributed by atoms with van der Waals surface area (Å²) in [6, 6.07) is 13.6. The van der Waals surface area contributed by atoms with Crippen molar-refractivity contribution in [1.29, 1.82) is 0 Å². The molecule has 170 valence electrons. The highest BCUT2D eigenvalue weighted by atomic mass is 35.5. The number of carbonyl (C=O) groups excluding carboxylic acids is 2. The van der Waals surface area contributed by atoms with Crippen molar-refractivity contribution >= 4 is 46.5 Å². The minimum absolute atomic E-state index is 0.0211. The van der Waals surface area contributed by atoms with E-state index in [2.05, 4.69) is 30.9 Å². The Kier molecular flexibility index (Phi) is 6.82. The molecule has 2 fully saturated rings. The number of anilines is 2. The van der Waals surface area contributed by atoms with Crippen molar-refractivity contribution in [2.75, 3.05) is 55.6 Å². The van der Waals surface area contributed by atoms with E-state index in [4.69, 9.17) is 23.2 Å². The molecule has 2 aromatic carbocycles. The fourth-order valence-electron chi connectivity index (χ4n) is 4.20. The predicted octanol–water partition coefficient (Wildman–Crippen LogP) is 4.71. The molecule has 0 spiro atoms. The first-order valence-corrected chi connectivity index (χ1v) is 11.7. The summed E-state index contributed by atoms with van der Waals surface area (Å²) in [4.78, 5) is 33.1. The number of carbonyl (C=O) groups is 2. The molecule has 0 saturated carbocycles. The lowest BCUT2D eigenvalue weighted by molar-refractivity contribution is -0.131. The Hall–Kier alpha value is -2.44. The minimum Gasteiger partial charge on any atom is -0.367 e. The number of hydrogen-bond donors (Lipinski definition) is 0. The number of amides is 3. The van der Waals surface area contributed by atoms with E-state index in [1.165, 1.54) is 5.56 Å². The van der Waals surface area contributed by atoms with Gasteiger partial charge in [-0.25, -0.2) is 4.79 Å². The lowest BCUT2D eigenvalue weighted by Gasteiger charge is -2.37. The molecule has 0 N–H and O–H groups in total. The third kappa shape index (κ3) is 4.66. The molecular weight excluding hydrogens is 447 g/mol. The Balaban J connectivity index is 1.32. The molecule has 3 amide bonds. The SMILES string of the molecule is CC(C)c1ccc(N2CCN(CC(=O)N3CCN(c4cccc(Cl)c4Cl)CC3)C2=O)cc1. The summed E-state index contributed by atoms with van der Waals surface area (Å²) in [5.74, 6) is 0.426. The van der Waals surface area contributed by atoms with Crippen LogP contribution in [-0.2, 0) is 4.79 Å². The summed E-state index contributed by atoms with van der Waals surface area (Å²) < 4.78 is 0. The van der Waals surface area contributed by atoms with Gasteiger partial charge in [0.2, 0.25) is 5.91 Å². The molecule has 0 radical (unpaired) electrons. The predicted molar refractivity (Wildman–Crippen MR) is 130 cm³/mol. The average molecular weight is 475 g/mol. The number of hydrogen-bond acceptors (Lipinski definition) is 3. The minimum atomic E-state index is -0.111. The molecule has 4 rings (SSSR count). The van der Waals surface area contributed by atoms with Gasteiger partial charge in [-0.15, -0.1) is 0 Å². The molecular formula is C24H28Cl2N4O2. The smallest absolute Gasteiger partial charge is 0.325 e. The van der Waals surface area contributed by atoms with Gasteiger partial charge in [-0.1, -0.05) is 55.2 Å². The highest BCUT2D eigenvalue weighted by molar-refractivity contribution is 6.43. The van der Waals surface area contributed by atoms with Crippen LogP contribution in [0, 0.1) is 0 Å². The van der Waals surface area contributed by atoms with Crippen LogP contribution in [0.1, 0.15) is 25.3 Å². The van der Waals surface area contributed by atoms with Crippen LogP contribution in [0.2, 0.25) is 10.0 Å². The molecule has 0 unspecified atom stereocenters. The van der Waals surface area contributed by atoms with Gasteiger partial charge in [-0.2, -0.15) is 0 Å². The number of benzene rings is 2. The topological polar surface area (TPSA) is 47.1 Å². The van der Waals surface area contributed by atoms with Gasteiger partial charge in [-0.3, -0.25) is 9.69 Å². The number of halogens is 2. The lowest BCUT2D eigenvalue weighted by Crippen LogP contribution is -2.51. The molecule has 32 heavy (non-hydrogen) atoms. The molecule has 2 aliphatic rings. The van der Waals surface area contributed by atoms with Crippen LogP contribution in [0.15, 0.2) is 42.5 Å². The zero-order chi connectivity index (χ0) is 22.8. The van der Waals surface area contributed by atoms with E-state index in [9.17, 15) is 9.59 Å². The Labute approximate surface area is 199 Å². The van der Waals surface area contributed by atoms with E-state index in [1.807, 2.05) is 29.2 Å². The van der Waals surface area contributed by atoms with E-state index < -0.39 is 0 Å². The Morgan fingerprint density at radius 1 is 0.938 bits per heavy atom. The number of nitrogens with zero attached hydrogens (tertiary/aromatic N) is 4. The fourth-order valence-corrected chi connectivity index (χ4v) is 4.62. The van der Waals surface area contributed by atoms with Crippen molar-refractivity contribution < 1.29 is 9.59 Å². The van der Waals surface area contributed by atoms with Crippen LogP contribution in [0.4, 0.5) is 16.2 Å². The van der Waals surface area contributed by atoms with E-state index in [-0.39, 0.29) is 18.5 Å². The normalized spacial score (nSPS) is 17.0. The molecule has 0 bridgehead atoms. The second kappa shape index (κ2) is 9.59. The molecule has 2 heterocycles. The molecule has 8 heteroatoms. The van der Waals surface area contributed by atoms with Crippen molar-refractivity contribution in [2.45, 2.75) is 19.8 Å². The van der Waals surface area contributed by atoms with Gasteiger partial charge in [0.25, 0.3) is 0 Å². The van der Waals surface area contributed by atoms with Crippen LogP contribution in [0.25, 0.3) is 0 Å². The van der Waals surface area contributed by atoms with Gasteiger partial charge in [0.05, 0.1) is 15.7 Å². The fraction of sp³-hybridized carbons (Fsp3) is 0.417. The van der Waals surface area contributed by atoms with E-state index in [0.717, 1.165) is 11.4 Å². The molecule has 6 nitrogen and oxygen atoms in total. The van der Waals surface area contributed by atoms with Gasteiger partial charge in [0.15, 0.2) is 0 Å². The largest absolute Gasteiger partial charge is 0.367 e. The first-order valence-electron chi connectivity index (χ1n) is 11.0. The summed E-state index contributed by atoms with van der Waals surface area (Å²) in [7, 11) is 0. The van der Waals surface area contributed by atoms with Crippen LogP contribution in [0.3, 0.4) is 0 Å².